The summed E-state index contributed by atoms with van der Waals surface area (Å²) in [6.45, 7) is 0. The molecule has 3 rings (SSSR count). The van der Waals surface area contributed by atoms with Gasteiger partial charge in [-0.3, -0.25) is 4.98 Å². The van der Waals surface area contributed by atoms with Crippen molar-refractivity contribution in [1.29, 1.82) is 0 Å². The summed E-state index contributed by atoms with van der Waals surface area (Å²) in [5.41, 5.74) is 2.95. The van der Waals surface area contributed by atoms with Crippen molar-refractivity contribution < 1.29 is 0 Å². The molecule has 0 saturated heterocycles. The summed E-state index contributed by atoms with van der Waals surface area (Å²) >= 11 is 16.1. The second kappa shape index (κ2) is 6.35. The third kappa shape index (κ3) is 3.39. The van der Waals surface area contributed by atoms with Crippen molar-refractivity contribution in [2.45, 2.75) is 11.8 Å². The number of benzene rings is 2. The van der Waals surface area contributed by atoms with E-state index in [0.29, 0.717) is 11.4 Å². The van der Waals surface area contributed by atoms with Crippen LogP contribution in [-0.4, -0.2) is 4.98 Å². The van der Waals surface area contributed by atoms with Crippen molar-refractivity contribution in [1.82, 2.24) is 4.98 Å². The van der Waals surface area contributed by atoms with Crippen LogP contribution in [0, 0.1) is 0 Å². The first-order chi connectivity index (χ1) is 10.1. The Balaban J connectivity index is 1.88. The summed E-state index contributed by atoms with van der Waals surface area (Å²) < 4.78 is 0.965. The Morgan fingerprint density at radius 2 is 1.86 bits per heavy atom. The SMILES string of the molecule is Clc1ccc(Br)c(C(Cl)Cc2ccc3ccccc3n2)c1. The van der Waals surface area contributed by atoms with Crippen LogP contribution in [0.25, 0.3) is 10.9 Å². The number of para-hydroxylation sites is 1. The average Bonchev–Trinajstić information content (AvgIpc) is 2.49. The lowest BCUT2D eigenvalue weighted by atomic mass is 10.1. The van der Waals surface area contributed by atoms with Crippen molar-refractivity contribution in [2.24, 2.45) is 0 Å². The highest BCUT2D eigenvalue weighted by atomic mass is 79.9. The van der Waals surface area contributed by atoms with Gasteiger partial charge in [0.1, 0.15) is 0 Å². The molecule has 0 aliphatic heterocycles. The zero-order chi connectivity index (χ0) is 14.8. The van der Waals surface area contributed by atoms with Gasteiger partial charge in [0.15, 0.2) is 0 Å². The van der Waals surface area contributed by atoms with Gasteiger partial charge in [0.2, 0.25) is 0 Å². The largest absolute Gasteiger partial charge is 0.253 e. The molecule has 0 aliphatic carbocycles. The lowest BCUT2D eigenvalue weighted by Crippen LogP contribution is -1.99. The van der Waals surface area contributed by atoms with Crippen molar-refractivity contribution in [3.05, 3.63) is 75.4 Å². The van der Waals surface area contributed by atoms with Crippen LogP contribution in [0.2, 0.25) is 5.02 Å². The molecule has 106 valence electrons. The molecule has 1 nitrogen and oxygen atoms in total. The van der Waals surface area contributed by atoms with E-state index >= 15 is 0 Å². The van der Waals surface area contributed by atoms with E-state index in [2.05, 4.69) is 33.0 Å². The zero-order valence-electron chi connectivity index (χ0n) is 11.1. The number of hydrogen-bond acceptors (Lipinski definition) is 1. The first kappa shape index (κ1) is 14.8. The average molecular weight is 381 g/mol. The molecule has 0 N–H and O–H groups in total. The van der Waals surface area contributed by atoms with Crippen molar-refractivity contribution in [3.63, 3.8) is 0 Å². The van der Waals surface area contributed by atoms with Crippen LogP contribution in [0.3, 0.4) is 0 Å². The minimum Gasteiger partial charge on any atom is -0.253 e. The van der Waals surface area contributed by atoms with E-state index in [-0.39, 0.29) is 5.38 Å². The lowest BCUT2D eigenvalue weighted by molar-refractivity contribution is 0.884. The van der Waals surface area contributed by atoms with E-state index in [9.17, 15) is 0 Å². The summed E-state index contributed by atoms with van der Waals surface area (Å²) in [6.07, 6.45) is 0.658. The Labute approximate surface area is 142 Å². The highest BCUT2D eigenvalue weighted by Gasteiger charge is 2.14. The molecule has 4 heteroatoms. The number of pyridine rings is 1. The molecule has 0 aliphatic rings. The van der Waals surface area contributed by atoms with E-state index in [1.165, 1.54) is 0 Å². The van der Waals surface area contributed by atoms with Gasteiger partial charge in [-0.2, -0.15) is 0 Å². The van der Waals surface area contributed by atoms with Gasteiger partial charge in [-0.1, -0.05) is 51.8 Å². The number of aromatic nitrogens is 1. The maximum Gasteiger partial charge on any atom is 0.0705 e. The van der Waals surface area contributed by atoms with Gasteiger partial charge in [-0.05, 0) is 35.9 Å². The summed E-state index contributed by atoms with van der Waals surface area (Å²) in [5, 5.41) is 1.65. The highest BCUT2D eigenvalue weighted by Crippen LogP contribution is 2.32. The van der Waals surface area contributed by atoms with E-state index in [4.69, 9.17) is 23.2 Å². The lowest BCUT2D eigenvalue weighted by Gasteiger charge is -2.12. The highest BCUT2D eigenvalue weighted by molar-refractivity contribution is 9.10. The Hall–Kier alpha value is -1.09. The molecule has 21 heavy (non-hydrogen) atoms. The van der Waals surface area contributed by atoms with Gasteiger partial charge >= 0.3 is 0 Å². The summed E-state index contributed by atoms with van der Waals surface area (Å²) in [5.74, 6) is 0. The smallest absolute Gasteiger partial charge is 0.0705 e. The first-order valence-electron chi connectivity index (χ1n) is 6.57. The van der Waals surface area contributed by atoms with Crippen LogP contribution in [0.15, 0.2) is 59.1 Å². The number of hydrogen-bond donors (Lipinski definition) is 0. The van der Waals surface area contributed by atoms with E-state index in [1.807, 2.05) is 42.5 Å². The van der Waals surface area contributed by atoms with E-state index in [1.54, 1.807) is 0 Å². The summed E-state index contributed by atoms with van der Waals surface area (Å²) in [4.78, 5) is 4.66. The Morgan fingerprint density at radius 3 is 2.71 bits per heavy atom. The number of nitrogens with zero attached hydrogens (tertiary/aromatic N) is 1. The Morgan fingerprint density at radius 1 is 1.05 bits per heavy atom. The molecule has 0 amide bonds. The minimum atomic E-state index is -0.174. The number of halogens is 3. The van der Waals surface area contributed by atoms with Crippen LogP contribution in [-0.2, 0) is 6.42 Å². The molecule has 0 radical (unpaired) electrons. The van der Waals surface area contributed by atoms with Gasteiger partial charge in [0, 0.05) is 27.0 Å². The van der Waals surface area contributed by atoms with Crippen molar-refractivity contribution >= 4 is 50.0 Å². The zero-order valence-corrected chi connectivity index (χ0v) is 14.2. The molecule has 0 bridgehead atoms. The quantitative estimate of drug-likeness (QED) is 0.495. The molecule has 1 atom stereocenters. The van der Waals surface area contributed by atoms with Crippen LogP contribution in [0.5, 0.6) is 0 Å². The first-order valence-corrected chi connectivity index (χ1v) is 8.18. The molecule has 0 saturated carbocycles. The second-order valence-electron chi connectivity index (χ2n) is 4.83. The Kier molecular flexibility index (Phi) is 4.48. The maximum absolute atomic E-state index is 6.54. The normalized spacial score (nSPS) is 12.5. The predicted molar refractivity (Wildman–Crippen MR) is 93.2 cm³/mol. The van der Waals surface area contributed by atoms with Gasteiger partial charge in [-0.25, -0.2) is 0 Å². The molecular formula is C17H12BrCl2N. The van der Waals surface area contributed by atoms with E-state index in [0.717, 1.165) is 26.6 Å². The molecule has 2 aromatic carbocycles. The van der Waals surface area contributed by atoms with Crippen LogP contribution in [0.1, 0.15) is 16.6 Å². The van der Waals surface area contributed by atoms with Crippen LogP contribution < -0.4 is 0 Å². The Bertz CT molecular complexity index is 789. The van der Waals surface area contributed by atoms with E-state index < -0.39 is 0 Å². The summed E-state index contributed by atoms with van der Waals surface area (Å²) in [7, 11) is 0. The van der Waals surface area contributed by atoms with Crippen LogP contribution in [0.4, 0.5) is 0 Å². The number of alkyl halides is 1. The maximum atomic E-state index is 6.54. The van der Waals surface area contributed by atoms with Crippen LogP contribution >= 0.6 is 39.1 Å². The third-order valence-corrected chi connectivity index (χ3v) is 4.69. The number of rotatable bonds is 3. The van der Waals surface area contributed by atoms with Gasteiger partial charge in [0.05, 0.1) is 10.9 Å². The molecular weight excluding hydrogens is 369 g/mol. The third-order valence-electron chi connectivity index (χ3n) is 3.34. The van der Waals surface area contributed by atoms with Gasteiger partial charge in [-0.15, -0.1) is 11.6 Å². The second-order valence-corrected chi connectivity index (χ2v) is 6.65. The topological polar surface area (TPSA) is 12.9 Å². The summed E-state index contributed by atoms with van der Waals surface area (Å²) in [6, 6.07) is 17.8. The molecule has 3 aromatic rings. The van der Waals surface area contributed by atoms with Crippen molar-refractivity contribution in [3.8, 4) is 0 Å². The minimum absolute atomic E-state index is 0.174. The molecule has 1 aromatic heterocycles. The van der Waals surface area contributed by atoms with Gasteiger partial charge in [0.25, 0.3) is 0 Å². The molecule has 1 unspecified atom stereocenters. The van der Waals surface area contributed by atoms with Gasteiger partial charge < -0.3 is 0 Å². The molecule has 0 fully saturated rings. The fourth-order valence-corrected chi connectivity index (χ4v) is 3.44. The fourth-order valence-electron chi connectivity index (χ4n) is 2.27. The fraction of sp³-hybridized carbons (Fsp3) is 0.118. The molecule has 0 spiro atoms. The monoisotopic (exact) mass is 379 g/mol. The standard InChI is InChI=1S/C17H12BrCl2N/c18-15-8-6-12(19)9-14(15)16(20)10-13-7-5-11-3-1-2-4-17(11)21-13/h1-9,16H,10H2. The molecule has 1 heterocycles. The number of fused-ring (bicyclic) bond motifs is 1. The van der Waals surface area contributed by atoms with Crippen molar-refractivity contribution in [2.75, 3.05) is 0 Å². The predicted octanol–water partition coefficient (Wildman–Crippen LogP) is 6.17.